The molecule has 1 unspecified atom stereocenters. The second-order valence-corrected chi connectivity index (χ2v) is 8.71. The lowest BCUT2D eigenvalue weighted by Crippen LogP contribution is -2.33. The van der Waals surface area contributed by atoms with Crippen LogP contribution < -0.4 is 4.72 Å². The number of Topliss-reactive ketones (excluding diaryl/α,β-unsaturated/α-hetero) is 1. The summed E-state index contributed by atoms with van der Waals surface area (Å²) in [6, 6.07) is 4.42. The van der Waals surface area contributed by atoms with Crippen molar-refractivity contribution in [2.45, 2.75) is 18.9 Å². The van der Waals surface area contributed by atoms with Crippen LogP contribution in [0, 0.1) is 0 Å². The largest absolute Gasteiger partial charge is 0.501 e. The van der Waals surface area contributed by atoms with Crippen molar-refractivity contribution in [2.75, 3.05) is 11.1 Å². The number of aliphatic hydroxyl groups excluding tert-OH is 1. The van der Waals surface area contributed by atoms with Crippen LogP contribution in [0.3, 0.4) is 0 Å². The van der Waals surface area contributed by atoms with Crippen LogP contribution in [-0.2, 0) is 25.2 Å². The van der Waals surface area contributed by atoms with Crippen LogP contribution in [0.5, 0.6) is 0 Å². The van der Waals surface area contributed by atoms with E-state index in [0.717, 1.165) is 0 Å². The number of hydrogen-bond donors (Lipinski definition) is 2. The maximum Gasteiger partial charge on any atom is 0.250 e. The van der Waals surface area contributed by atoms with Crippen LogP contribution in [0.15, 0.2) is 29.8 Å². The normalized spacial score (nSPS) is 21.1. The van der Waals surface area contributed by atoms with Gasteiger partial charge in [0.05, 0.1) is 5.75 Å². The molecule has 10 heteroatoms. The minimum atomic E-state index is -3.76. The van der Waals surface area contributed by atoms with E-state index in [2.05, 4.69) is 20.7 Å². The van der Waals surface area contributed by atoms with Gasteiger partial charge in [0.15, 0.2) is 0 Å². The zero-order valence-electron chi connectivity index (χ0n) is 12.5. The number of halogens is 3. The summed E-state index contributed by atoms with van der Waals surface area (Å²) in [4.78, 5) is 12.4. The maximum atomic E-state index is 12.4. The quantitative estimate of drug-likeness (QED) is 0.638. The predicted molar refractivity (Wildman–Crippen MR) is 94.9 cm³/mol. The summed E-state index contributed by atoms with van der Waals surface area (Å²) >= 11 is 15.1. The molecule has 0 radical (unpaired) electrons. The molecule has 1 aliphatic rings. The van der Waals surface area contributed by atoms with Crippen molar-refractivity contribution in [1.82, 2.24) is 4.72 Å². The zero-order valence-corrected chi connectivity index (χ0v) is 16.4. The van der Waals surface area contributed by atoms with E-state index in [1.807, 2.05) is 0 Å². The molecule has 1 aromatic rings. The Morgan fingerprint density at radius 3 is 2.62 bits per heavy atom. The number of carbonyl (C=O) groups is 1. The number of ether oxygens (including phenoxy) is 1. The van der Waals surface area contributed by atoms with Crippen molar-refractivity contribution in [3.8, 4) is 0 Å². The van der Waals surface area contributed by atoms with Crippen LogP contribution in [0.2, 0.25) is 10.0 Å². The van der Waals surface area contributed by atoms with Gasteiger partial charge in [-0.25, -0.2) is 8.42 Å². The van der Waals surface area contributed by atoms with E-state index in [1.54, 1.807) is 0 Å². The lowest BCUT2D eigenvalue weighted by atomic mass is 9.91. The molecule has 0 aliphatic carbocycles. The lowest BCUT2D eigenvalue weighted by molar-refractivity contribution is -0.131. The molecule has 0 spiro atoms. The Bertz CT molecular complexity index is 811. The van der Waals surface area contributed by atoms with Crippen LogP contribution in [0.4, 0.5) is 0 Å². The Kier molecular flexibility index (Phi) is 5.74. The molecule has 0 amide bonds. The van der Waals surface area contributed by atoms with Gasteiger partial charge in [0, 0.05) is 20.9 Å². The minimum absolute atomic E-state index is 0.162. The number of nitrogens with one attached hydrogen (secondary N) is 1. The van der Waals surface area contributed by atoms with Crippen molar-refractivity contribution in [3.05, 3.63) is 45.5 Å². The third-order valence-corrected chi connectivity index (χ3v) is 5.84. The van der Waals surface area contributed by atoms with Gasteiger partial charge in [0.2, 0.25) is 27.3 Å². The van der Waals surface area contributed by atoms with Gasteiger partial charge < -0.3 is 9.84 Å². The molecule has 0 saturated carbocycles. The summed E-state index contributed by atoms with van der Waals surface area (Å²) in [6.07, 6.45) is 0.359. The molecular weight excluding hydrogens is 445 g/mol. The summed E-state index contributed by atoms with van der Waals surface area (Å²) in [7, 11) is -3.76. The molecule has 2 rings (SSSR count). The number of aliphatic hydroxyl groups is 1. The summed E-state index contributed by atoms with van der Waals surface area (Å²) < 4.78 is 31.4. The Morgan fingerprint density at radius 1 is 1.38 bits per heavy atom. The molecule has 0 aromatic heterocycles. The van der Waals surface area contributed by atoms with E-state index in [1.165, 1.54) is 25.1 Å². The van der Waals surface area contributed by atoms with Crippen LogP contribution in [-0.4, -0.2) is 30.4 Å². The van der Waals surface area contributed by atoms with Gasteiger partial charge in [-0.2, -0.15) is 0 Å². The third kappa shape index (κ3) is 3.82. The van der Waals surface area contributed by atoms with E-state index in [9.17, 15) is 18.3 Å². The summed E-state index contributed by atoms with van der Waals surface area (Å²) in [6.45, 7) is 1.39. The summed E-state index contributed by atoms with van der Waals surface area (Å²) in [5, 5.41) is 11.0. The van der Waals surface area contributed by atoms with Crippen molar-refractivity contribution in [3.63, 3.8) is 0 Å². The minimum Gasteiger partial charge on any atom is -0.501 e. The first-order valence-electron chi connectivity index (χ1n) is 6.80. The third-order valence-electron chi connectivity index (χ3n) is 3.41. The number of carbonyl (C=O) groups excluding carboxylic acids is 1. The Labute approximate surface area is 158 Å². The van der Waals surface area contributed by atoms with Gasteiger partial charge in [-0.05, 0) is 25.5 Å². The molecule has 1 aliphatic heterocycles. The van der Waals surface area contributed by atoms with E-state index < -0.39 is 33.0 Å². The van der Waals surface area contributed by atoms with Crippen LogP contribution in [0.1, 0.15) is 18.9 Å². The molecule has 1 atom stereocenters. The number of hydrogen-bond acceptors (Lipinski definition) is 5. The van der Waals surface area contributed by atoms with E-state index in [0.29, 0.717) is 16.8 Å². The highest BCUT2D eigenvalue weighted by atomic mass is 79.9. The summed E-state index contributed by atoms with van der Waals surface area (Å²) in [5.41, 5.74) is -1.39. The first kappa shape index (κ1) is 19.4. The van der Waals surface area contributed by atoms with Crippen LogP contribution in [0.25, 0.3) is 0 Å². The molecule has 0 bridgehead atoms. The first-order chi connectivity index (χ1) is 11.1. The predicted octanol–water partition coefficient (Wildman–Crippen LogP) is 3.24. The molecule has 132 valence electrons. The SMILES string of the molecule is CC1(c2ccc(Cl)cc2Cl)OC(NS(=O)(=O)CCCBr)=C(O)C1=O. The highest BCUT2D eigenvalue weighted by Crippen LogP contribution is 2.40. The smallest absolute Gasteiger partial charge is 0.250 e. The topological polar surface area (TPSA) is 92.7 Å². The van der Waals surface area contributed by atoms with Gasteiger partial charge in [-0.1, -0.05) is 45.2 Å². The maximum absolute atomic E-state index is 12.4. The average molecular weight is 459 g/mol. The van der Waals surface area contributed by atoms with Gasteiger partial charge in [-0.3, -0.25) is 9.52 Å². The molecule has 1 heterocycles. The fourth-order valence-corrected chi connectivity index (χ4v) is 4.48. The highest BCUT2D eigenvalue weighted by molar-refractivity contribution is 9.09. The number of rotatable bonds is 6. The number of alkyl halides is 1. The second kappa shape index (κ2) is 7.11. The van der Waals surface area contributed by atoms with Gasteiger partial charge in [0.1, 0.15) is 0 Å². The number of benzene rings is 1. The Hall–Kier alpha value is -0.960. The Morgan fingerprint density at radius 2 is 2.04 bits per heavy atom. The fraction of sp³-hybridized carbons (Fsp3) is 0.357. The van der Waals surface area contributed by atoms with Crippen LogP contribution >= 0.6 is 39.1 Å². The van der Waals surface area contributed by atoms with Gasteiger partial charge >= 0.3 is 0 Å². The molecule has 2 N–H and O–H groups in total. The molecule has 0 fully saturated rings. The standard InChI is InChI=1S/C14H14BrCl2NO5S/c1-14(9-4-3-8(16)7-10(9)17)12(20)11(19)13(23-14)18-24(21,22)6-2-5-15/h3-4,7,18-19H,2,5-6H2,1H3. The molecule has 0 saturated heterocycles. The zero-order chi connectivity index (χ0) is 18.1. The highest BCUT2D eigenvalue weighted by Gasteiger charge is 2.49. The van der Waals surface area contributed by atoms with Crippen molar-refractivity contribution in [1.29, 1.82) is 0 Å². The van der Waals surface area contributed by atoms with Gasteiger partial charge in [-0.15, -0.1) is 0 Å². The van der Waals surface area contributed by atoms with E-state index in [-0.39, 0.29) is 16.3 Å². The Balaban J connectivity index is 2.32. The van der Waals surface area contributed by atoms with Crippen molar-refractivity contribution >= 4 is 54.9 Å². The van der Waals surface area contributed by atoms with Gasteiger partial charge in [0.25, 0.3) is 5.78 Å². The van der Waals surface area contributed by atoms with E-state index in [4.69, 9.17) is 27.9 Å². The molecule has 6 nitrogen and oxygen atoms in total. The second-order valence-electron chi connectivity index (χ2n) is 5.23. The van der Waals surface area contributed by atoms with Crippen molar-refractivity contribution in [2.24, 2.45) is 0 Å². The number of sulfonamides is 1. The first-order valence-corrected chi connectivity index (χ1v) is 10.3. The monoisotopic (exact) mass is 457 g/mol. The molecule has 1 aromatic carbocycles. The molecular formula is C14H14BrCl2NO5S. The van der Waals surface area contributed by atoms with E-state index >= 15 is 0 Å². The average Bonchev–Trinajstić information content (AvgIpc) is 2.69. The lowest BCUT2D eigenvalue weighted by Gasteiger charge is -2.24. The summed E-state index contributed by atoms with van der Waals surface area (Å²) in [5.74, 6) is -2.30. The number of ketones is 1. The van der Waals surface area contributed by atoms with Crippen molar-refractivity contribution < 1.29 is 23.1 Å². The fourth-order valence-electron chi connectivity index (χ4n) is 2.19. The molecule has 24 heavy (non-hydrogen) atoms.